The normalized spacial score (nSPS) is 20.4. The molecular weight excluding hydrogens is 182 g/mol. The summed E-state index contributed by atoms with van der Waals surface area (Å²) in [5.74, 6) is 0.0941. The average molecular weight is 201 g/mol. The van der Waals surface area contributed by atoms with E-state index in [9.17, 15) is 4.79 Å². The maximum absolute atomic E-state index is 11.1. The molecule has 1 fully saturated rings. The molecule has 0 radical (unpaired) electrons. The molecule has 0 aliphatic heterocycles. The fourth-order valence-corrected chi connectivity index (χ4v) is 1.84. The van der Waals surface area contributed by atoms with Crippen LogP contribution < -0.4 is 5.32 Å². The third kappa shape index (κ3) is 3.64. The zero-order valence-corrected chi connectivity index (χ0v) is 8.41. The predicted molar refractivity (Wildman–Crippen MR) is 52.7 cm³/mol. The summed E-state index contributed by atoms with van der Waals surface area (Å²) >= 11 is 0. The number of amides is 1. The number of carbonyl (C=O) groups is 1. The average Bonchev–Trinajstić information content (AvgIpc) is 2.26. The molecule has 4 nitrogen and oxygen atoms in total. The van der Waals surface area contributed by atoms with E-state index in [2.05, 4.69) is 5.32 Å². The van der Waals surface area contributed by atoms with E-state index in [4.69, 9.17) is 10.2 Å². The quantitative estimate of drug-likeness (QED) is 0.601. The second-order valence-corrected chi connectivity index (χ2v) is 3.95. The topological polar surface area (TPSA) is 69.6 Å². The summed E-state index contributed by atoms with van der Waals surface area (Å²) in [6.45, 7) is 0.131. The van der Waals surface area contributed by atoms with E-state index in [1.165, 1.54) is 19.3 Å². The lowest BCUT2D eigenvalue weighted by atomic mass is 9.89. The van der Waals surface area contributed by atoms with Crippen LogP contribution in [-0.4, -0.2) is 35.4 Å². The van der Waals surface area contributed by atoms with Crippen molar-refractivity contribution >= 4 is 5.91 Å². The van der Waals surface area contributed by atoms with E-state index >= 15 is 0 Å². The van der Waals surface area contributed by atoms with Crippen LogP contribution in [0.15, 0.2) is 0 Å². The van der Waals surface area contributed by atoms with Gasteiger partial charge in [0.05, 0.1) is 6.61 Å². The molecule has 0 spiro atoms. The largest absolute Gasteiger partial charge is 0.393 e. The van der Waals surface area contributed by atoms with Crippen molar-refractivity contribution in [2.75, 3.05) is 13.2 Å². The highest BCUT2D eigenvalue weighted by Gasteiger charge is 2.17. The minimum absolute atomic E-state index is 0.460. The molecule has 1 saturated carbocycles. The number of rotatable bonds is 4. The van der Waals surface area contributed by atoms with Crippen LogP contribution in [-0.2, 0) is 4.79 Å². The van der Waals surface area contributed by atoms with Crippen molar-refractivity contribution in [3.8, 4) is 0 Å². The van der Waals surface area contributed by atoms with Gasteiger partial charge in [0.15, 0.2) is 6.10 Å². The Bertz CT molecular complexity index is 178. The maximum atomic E-state index is 11.1. The van der Waals surface area contributed by atoms with Gasteiger partial charge in [0, 0.05) is 6.54 Å². The molecule has 1 amide bonds. The Labute approximate surface area is 84.3 Å². The molecular formula is C10H19NO3. The molecule has 14 heavy (non-hydrogen) atoms. The minimum Gasteiger partial charge on any atom is -0.393 e. The van der Waals surface area contributed by atoms with Crippen molar-refractivity contribution in [3.63, 3.8) is 0 Å². The van der Waals surface area contributed by atoms with Gasteiger partial charge in [-0.3, -0.25) is 4.79 Å². The van der Waals surface area contributed by atoms with Gasteiger partial charge in [-0.1, -0.05) is 19.3 Å². The molecule has 1 atom stereocenters. The summed E-state index contributed by atoms with van der Waals surface area (Å²) in [4.78, 5) is 11.1. The van der Waals surface area contributed by atoms with Crippen molar-refractivity contribution in [2.24, 2.45) is 5.92 Å². The highest BCUT2D eigenvalue weighted by atomic mass is 16.3. The van der Waals surface area contributed by atoms with Crippen LogP contribution in [0.5, 0.6) is 0 Å². The van der Waals surface area contributed by atoms with Crippen LogP contribution >= 0.6 is 0 Å². The number of hydrogen-bond donors (Lipinski definition) is 3. The van der Waals surface area contributed by atoms with E-state index in [1.54, 1.807) is 0 Å². The third-order valence-electron chi connectivity index (χ3n) is 2.77. The van der Waals surface area contributed by atoms with Crippen molar-refractivity contribution in [1.29, 1.82) is 0 Å². The summed E-state index contributed by atoms with van der Waals surface area (Å²) in [6, 6.07) is 0. The Morgan fingerprint density at radius 1 is 1.36 bits per heavy atom. The van der Waals surface area contributed by atoms with Crippen molar-refractivity contribution < 1.29 is 15.0 Å². The zero-order valence-electron chi connectivity index (χ0n) is 8.41. The first-order chi connectivity index (χ1) is 6.74. The summed E-state index contributed by atoms with van der Waals surface area (Å²) in [5, 5.41) is 20.2. The van der Waals surface area contributed by atoms with Crippen LogP contribution in [0.25, 0.3) is 0 Å². The monoisotopic (exact) mass is 201 g/mol. The Balaban J connectivity index is 2.15. The molecule has 0 unspecified atom stereocenters. The van der Waals surface area contributed by atoms with Gasteiger partial charge in [-0.05, 0) is 18.8 Å². The van der Waals surface area contributed by atoms with E-state index in [1.807, 2.05) is 0 Å². The number of hydrogen-bond acceptors (Lipinski definition) is 3. The fourth-order valence-electron chi connectivity index (χ4n) is 1.84. The lowest BCUT2D eigenvalue weighted by molar-refractivity contribution is -0.131. The van der Waals surface area contributed by atoms with Crippen molar-refractivity contribution in [2.45, 2.75) is 38.2 Å². The lowest BCUT2D eigenvalue weighted by Crippen LogP contribution is -2.39. The highest BCUT2D eigenvalue weighted by molar-refractivity contribution is 5.80. The first kappa shape index (κ1) is 11.5. The molecule has 0 bridgehead atoms. The maximum Gasteiger partial charge on any atom is 0.251 e. The van der Waals surface area contributed by atoms with Crippen LogP contribution in [0.3, 0.4) is 0 Å². The number of nitrogens with one attached hydrogen (secondary N) is 1. The molecule has 0 saturated heterocycles. The molecule has 82 valence electrons. The summed E-state index contributed by atoms with van der Waals surface area (Å²) < 4.78 is 0. The Kier molecular flexibility index (Phi) is 4.90. The molecule has 0 aromatic heterocycles. The minimum atomic E-state index is -1.27. The third-order valence-corrected chi connectivity index (χ3v) is 2.77. The first-order valence-electron chi connectivity index (χ1n) is 5.30. The molecule has 4 heteroatoms. The molecule has 1 aliphatic rings. The van der Waals surface area contributed by atoms with Crippen LogP contribution in [0, 0.1) is 5.92 Å². The van der Waals surface area contributed by atoms with Crippen LogP contribution in [0.2, 0.25) is 0 Å². The van der Waals surface area contributed by atoms with Gasteiger partial charge in [0.1, 0.15) is 0 Å². The van der Waals surface area contributed by atoms with E-state index in [-0.39, 0.29) is 0 Å². The molecule has 3 N–H and O–H groups in total. The Morgan fingerprint density at radius 2 is 2.00 bits per heavy atom. The fraction of sp³-hybridized carbons (Fsp3) is 0.900. The predicted octanol–water partition coefficient (Wildman–Crippen LogP) is 0.0361. The molecule has 1 aliphatic carbocycles. The SMILES string of the molecule is O=C(NCC1CCCCC1)[C@@H](O)CO. The van der Waals surface area contributed by atoms with Crippen LogP contribution in [0.1, 0.15) is 32.1 Å². The smallest absolute Gasteiger partial charge is 0.251 e. The van der Waals surface area contributed by atoms with Gasteiger partial charge in [-0.15, -0.1) is 0 Å². The first-order valence-corrected chi connectivity index (χ1v) is 5.30. The lowest BCUT2D eigenvalue weighted by Gasteiger charge is -2.22. The van der Waals surface area contributed by atoms with Crippen molar-refractivity contribution in [1.82, 2.24) is 5.32 Å². The Hall–Kier alpha value is -0.610. The zero-order chi connectivity index (χ0) is 10.4. The Morgan fingerprint density at radius 3 is 2.57 bits per heavy atom. The van der Waals surface area contributed by atoms with Gasteiger partial charge in [0.25, 0.3) is 5.91 Å². The second-order valence-electron chi connectivity index (χ2n) is 3.95. The summed E-state index contributed by atoms with van der Waals surface area (Å²) in [6.07, 6.45) is 4.83. The molecule has 0 aromatic rings. The van der Waals surface area contributed by atoms with Gasteiger partial charge < -0.3 is 15.5 Å². The number of aliphatic hydroxyl groups is 2. The number of carbonyl (C=O) groups excluding carboxylic acids is 1. The molecule has 0 heterocycles. The van der Waals surface area contributed by atoms with E-state index in [0.29, 0.717) is 12.5 Å². The highest BCUT2D eigenvalue weighted by Crippen LogP contribution is 2.22. The van der Waals surface area contributed by atoms with Gasteiger partial charge in [-0.25, -0.2) is 0 Å². The van der Waals surface area contributed by atoms with E-state index in [0.717, 1.165) is 12.8 Å². The summed E-state index contributed by atoms with van der Waals surface area (Å²) in [5.41, 5.74) is 0. The van der Waals surface area contributed by atoms with Gasteiger partial charge >= 0.3 is 0 Å². The van der Waals surface area contributed by atoms with Crippen LogP contribution in [0.4, 0.5) is 0 Å². The van der Waals surface area contributed by atoms with Crippen molar-refractivity contribution in [3.05, 3.63) is 0 Å². The summed E-state index contributed by atoms with van der Waals surface area (Å²) in [7, 11) is 0. The second kappa shape index (κ2) is 5.98. The number of aliphatic hydroxyl groups excluding tert-OH is 2. The molecule has 1 rings (SSSR count). The molecule has 0 aromatic carbocycles. The standard InChI is InChI=1S/C10H19NO3/c12-7-9(13)10(14)11-6-8-4-2-1-3-5-8/h8-9,12-13H,1-7H2,(H,11,14)/t9-/m0/s1. The van der Waals surface area contributed by atoms with Gasteiger partial charge in [-0.2, -0.15) is 0 Å². The van der Waals surface area contributed by atoms with Gasteiger partial charge in [0.2, 0.25) is 0 Å². The van der Waals surface area contributed by atoms with E-state index < -0.39 is 18.6 Å².